The third-order valence-electron chi connectivity index (χ3n) is 4.39. The van der Waals surface area contributed by atoms with Gasteiger partial charge in [-0.15, -0.1) is 12.4 Å². The van der Waals surface area contributed by atoms with Crippen molar-refractivity contribution >= 4 is 56.6 Å². The Morgan fingerprint density at radius 1 is 1.14 bits per heavy atom. The van der Waals surface area contributed by atoms with Gasteiger partial charge in [0.1, 0.15) is 0 Å². The molecule has 7 heteroatoms. The minimum absolute atomic E-state index is 0. The van der Waals surface area contributed by atoms with Crippen LogP contribution in [0.3, 0.4) is 0 Å². The van der Waals surface area contributed by atoms with E-state index in [2.05, 4.69) is 30.9 Å². The number of carbonyl (C=O) groups excluding carboxylic acids is 1. The third-order valence-corrected chi connectivity index (χ3v) is 5.74. The van der Waals surface area contributed by atoms with Gasteiger partial charge in [0.25, 0.3) is 5.91 Å². The molecule has 1 aromatic heterocycles. The van der Waals surface area contributed by atoms with E-state index < -0.39 is 0 Å². The van der Waals surface area contributed by atoms with E-state index in [0.29, 0.717) is 17.1 Å². The van der Waals surface area contributed by atoms with Gasteiger partial charge in [0.05, 0.1) is 20.8 Å². The van der Waals surface area contributed by atoms with E-state index in [1.807, 2.05) is 26.2 Å². The lowest BCUT2D eigenvalue weighted by atomic mass is 10.1. The maximum Gasteiger partial charge on any atom is 0.261 e. The molecule has 28 heavy (non-hydrogen) atoms. The van der Waals surface area contributed by atoms with Crippen LogP contribution in [0.25, 0.3) is 10.2 Å². The van der Waals surface area contributed by atoms with Crippen molar-refractivity contribution < 1.29 is 4.79 Å². The van der Waals surface area contributed by atoms with Crippen LogP contribution in [0.2, 0.25) is 5.02 Å². The fourth-order valence-corrected chi connectivity index (χ4v) is 4.47. The van der Waals surface area contributed by atoms with E-state index in [0.717, 1.165) is 33.9 Å². The third kappa shape index (κ3) is 5.03. The van der Waals surface area contributed by atoms with E-state index >= 15 is 0 Å². The second-order valence-corrected chi connectivity index (χ2v) is 8.43. The van der Waals surface area contributed by atoms with Gasteiger partial charge in [-0.2, -0.15) is 0 Å². The first-order chi connectivity index (χ1) is 12.9. The molecule has 1 heterocycles. The van der Waals surface area contributed by atoms with Crippen molar-refractivity contribution in [3.63, 3.8) is 0 Å². The van der Waals surface area contributed by atoms with Gasteiger partial charge in [-0.3, -0.25) is 9.69 Å². The smallest absolute Gasteiger partial charge is 0.261 e. The Morgan fingerprint density at radius 3 is 2.54 bits per heavy atom. The number of aromatic nitrogens is 1. The average Bonchev–Trinajstić information content (AvgIpc) is 3.02. The van der Waals surface area contributed by atoms with Crippen LogP contribution in [-0.4, -0.2) is 43.0 Å². The molecule has 0 spiro atoms. The van der Waals surface area contributed by atoms with Gasteiger partial charge in [0.2, 0.25) is 0 Å². The normalized spacial score (nSPS) is 10.9. The van der Waals surface area contributed by atoms with Crippen LogP contribution in [0.1, 0.15) is 27.9 Å². The molecule has 0 saturated heterocycles. The molecule has 1 amide bonds. The van der Waals surface area contributed by atoms with Crippen LogP contribution >= 0.6 is 35.3 Å². The summed E-state index contributed by atoms with van der Waals surface area (Å²) in [5.74, 6) is -0.104. The molecule has 0 radical (unpaired) electrons. The topological polar surface area (TPSA) is 36.4 Å². The lowest BCUT2D eigenvalue weighted by Gasteiger charge is -2.21. The highest BCUT2D eigenvalue weighted by Crippen LogP contribution is 2.33. The van der Waals surface area contributed by atoms with Crippen molar-refractivity contribution in [2.75, 3.05) is 32.1 Å². The van der Waals surface area contributed by atoms with Crippen molar-refractivity contribution in [1.29, 1.82) is 0 Å². The molecule has 0 unspecified atom stereocenters. The Labute approximate surface area is 181 Å². The maximum atomic E-state index is 13.3. The number of hydrogen-bond acceptors (Lipinski definition) is 4. The zero-order valence-electron chi connectivity index (χ0n) is 16.5. The summed E-state index contributed by atoms with van der Waals surface area (Å²) in [5, 5.41) is 1.19. The average molecular weight is 438 g/mol. The van der Waals surface area contributed by atoms with Crippen LogP contribution < -0.4 is 4.90 Å². The van der Waals surface area contributed by atoms with Crippen LogP contribution in [0, 0.1) is 13.8 Å². The zero-order chi connectivity index (χ0) is 19.6. The van der Waals surface area contributed by atoms with Crippen molar-refractivity contribution in [1.82, 2.24) is 9.88 Å². The SMILES string of the molecule is Cc1cc(C)c2nc(N(CCCN(C)C)C(=O)c3ccccc3Cl)sc2c1.Cl. The lowest BCUT2D eigenvalue weighted by Crippen LogP contribution is -2.33. The van der Waals surface area contributed by atoms with Crippen LogP contribution in [0.4, 0.5) is 5.13 Å². The van der Waals surface area contributed by atoms with Crippen molar-refractivity contribution in [3.8, 4) is 0 Å². The number of anilines is 1. The Kier molecular flexibility index (Phi) is 7.84. The Bertz CT molecular complexity index is 971. The van der Waals surface area contributed by atoms with E-state index in [1.165, 1.54) is 5.56 Å². The van der Waals surface area contributed by atoms with Gasteiger partial charge >= 0.3 is 0 Å². The molecule has 0 fully saturated rings. The molecule has 0 aliphatic rings. The van der Waals surface area contributed by atoms with Gasteiger partial charge in [-0.25, -0.2) is 4.98 Å². The molecular weight excluding hydrogens is 413 g/mol. The molecule has 2 aromatic carbocycles. The molecule has 4 nitrogen and oxygen atoms in total. The summed E-state index contributed by atoms with van der Waals surface area (Å²) < 4.78 is 1.10. The van der Waals surface area contributed by atoms with Crippen molar-refractivity contribution in [2.24, 2.45) is 0 Å². The van der Waals surface area contributed by atoms with Crippen LogP contribution in [0.15, 0.2) is 36.4 Å². The first-order valence-corrected chi connectivity index (χ1v) is 10.1. The van der Waals surface area contributed by atoms with Gasteiger partial charge in [-0.05, 0) is 70.2 Å². The minimum Gasteiger partial charge on any atom is -0.309 e. The number of hydrogen-bond donors (Lipinski definition) is 0. The van der Waals surface area contributed by atoms with Crippen molar-refractivity contribution in [2.45, 2.75) is 20.3 Å². The maximum absolute atomic E-state index is 13.3. The minimum atomic E-state index is -0.104. The van der Waals surface area contributed by atoms with E-state index in [9.17, 15) is 4.79 Å². The molecular formula is C21H25Cl2N3OS. The largest absolute Gasteiger partial charge is 0.309 e. The number of carbonyl (C=O) groups is 1. The monoisotopic (exact) mass is 437 g/mol. The van der Waals surface area contributed by atoms with E-state index in [1.54, 1.807) is 28.4 Å². The molecule has 3 rings (SSSR count). The number of halogens is 2. The van der Waals surface area contributed by atoms with Gasteiger partial charge in [-0.1, -0.05) is 41.1 Å². The summed E-state index contributed by atoms with van der Waals surface area (Å²) >= 11 is 7.85. The summed E-state index contributed by atoms with van der Waals surface area (Å²) in [6.45, 7) is 5.64. The zero-order valence-corrected chi connectivity index (χ0v) is 18.9. The second kappa shape index (κ2) is 9.70. The molecule has 0 N–H and O–H groups in total. The molecule has 3 aromatic rings. The molecule has 0 bridgehead atoms. The summed E-state index contributed by atoms with van der Waals surface area (Å²) in [5.41, 5.74) is 3.80. The number of aryl methyl sites for hydroxylation is 2. The summed E-state index contributed by atoms with van der Waals surface area (Å²) in [4.78, 5) is 21.9. The van der Waals surface area contributed by atoms with Gasteiger partial charge in [0.15, 0.2) is 5.13 Å². The van der Waals surface area contributed by atoms with Crippen LogP contribution in [0.5, 0.6) is 0 Å². The first kappa shape index (κ1) is 22.6. The number of fused-ring (bicyclic) bond motifs is 1. The second-order valence-electron chi connectivity index (χ2n) is 7.02. The lowest BCUT2D eigenvalue weighted by molar-refractivity contribution is 0.0986. The molecule has 0 atom stereocenters. The highest BCUT2D eigenvalue weighted by atomic mass is 35.5. The predicted octanol–water partition coefficient (Wildman–Crippen LogP) is 5.59. The number of amides is 1. The first-order valence-electron chi connectivity index (χ1n) is 8.95. The Hall–Kier alpha value is -1.66. The van der Waals surface area contributed by atoms with Gasteiger partial charge in [0, 0.05) is 6.54 Å². The number of rotatable bonds is 6. The molecule has 0 aliphatic carbocycles. The molecule has 0 saturated carbocycles. The fraction of sp³-hybridized carbons (Fsp3) is 0.333. The number of thiazole rings is 1. The Morgan fingerprint density at radius 2 is 1.86 bits per heavy atom. The molecule has 0 aliphatic heterocycles. The quantitative estimate of drug-likeness (QED) is 0.504. The predicted molar refractivity (Wildman–Crippen MR) is 123 cm³/mol. The fourth-order valence-electron chi connectivity index (χ4n) is 3.08. The highest BCUT2D eigenvalue weighted by Gasteiger charge is 2.23. The summed E-state index contributed by atoms with van der Waals surface area (Å²) in [7, 11) is 4.06. The number of benzene rings is 2. The summed E-state index contributed by atoms with van der Waals surface area (Å²) in [6, 6.07) is 11.4. The van der Waals surface area contributed by atoms with Crippen molar-refractivity contribution in [3.05, 3.63) is 58.1 Å². The molecule has 150 valence electrons. The summed E-state index contributed by atoms with van der Waals surface area (Å²) in [6.07, 6.45) is 0.858. The highest BCUT2D eigenvalue weighted by molar-refractivity contribution is 7.22. The van der Waals surface area contributed by atoms with E-state index in [4.69, 9.17) is 16.6 Å². The van der Waals surface area contributed by atoms with Crippen LogP contribution in [-0.2, 0) is 0 Å². The van der Waals surface area contributed by atoms with Gasteiger partial charge < -0.3 is 4.90 Å². The standard InChI is InChI=1S/C21H24ClN3OS.ClH/c1-14-12-15(2)19-18(13-14)27-21(23-19)25(11-7-10-24(3)4)20(26)16-8-5-6-9-17(16)22;/h5-6,8-9,12-13H,7,10-11H2,1-4H3;1H. The number of nitrogens with zero attached hydrogens (tertiary/aromatic N) is 3. The Balaban J connectivity index is 0.00000280. The van der Waals surface area contributed by atoms with E-state index in [-0.39, 0.29) is 18.3 Å².